The molecule has 0 atom stereocenters. The molecule has 2 heterocycles. The van der Waals surface area contributed by atoms with E-state index >= 15 is 0 Å². The molecule has 4 nitrogen and oxygen atoms in total. The molecule has 146 valence electrons. The van der Waals surface area contributed by atoms with E-state index in [1.165, 1.54) is 12.1 Å². The molecule has 4 rings (SSSR count). The van der Waals surface area contributed by atoms with Gasteiger partial charge >= 0.3 is 0 Å². The lowest BCUT2D eigenvalue weighted by atomic mass is 9.82. The fourth-order valence-electron chi connectivity index (χ4n) is 3.72. The van der Waals surface area contributed by atoms with Crippen molar-refractivity contribution in [2.45, 2.75) is 24.9 Å². The number of nitrogens with zero attached hydrogens (tertiary/aromatic N) is 1. The number of fused-ring (bicyclic) bond motifs is 1. The van der Waals surface area contributed by atoms with Crippen molar-refractivity contribution in [3.8, 4) is 5.75 Å². The smallest absolute Gasteiger partial charge is 0.253 e. The average Bonchev–Trinajstić information content (AvgIpc) is 2.65. The van der Waals surface area contributed by atoms with Crippen LogP contribution in [0.1, 0.15) is 40.0 Å². The monoisotopic (exact) mass is 425 g/mol. The van der Waals surface area contributed by atoms with Crippen molar-refractivity contribution in [2.75, 3.05) is 13.1 Å². The van der Waals surface area contributed by atoms with Gasteiger partial charge in [0, 0.05) is 36.5 Å². The van der Waals surface area contributed by atoms with Crippen molar-refractivity contribution >= 4 is 34.9 Å². The minimum absolute atomic E-state index is 0.0820. The quantitative estimate of drug-likeness (QED) is 0.651. The zero-order valence-corrected chi connectivity index (χ0v) is 16.1. The molecule has 8 heteroatoms. The molecule has 2 aliphatic heterocycles. The second-order valence-corrected chi connectivity index (χ2v) is 7.91. The Balaban J connectivity index is 1.51. The number of hydrogen-bond donors (Lipinski definition) is 0. The third kappa shape index (κ3) is 3.35. The molecule has 2 aromatic rings. The van der Waals surface area contributed by atoms with Crippen LogP contribution in [-0.2, 0) is 0 Å². The zero-order chi connectivity index (χ0) is 20.1. The normalized spacial score (nSPS) is 18.0. The van der Waals surface area contributed by atoms with Gasteiger partial charge in [-0.3, -0.25) is 9.59 Å². The summed E-state index contributed by atoms with van der Waals surface area (Å²) < 4.78 is 32.6. The van der Waals surface area contributed by atoms with Gasteiger partial charge in [0.05, 0.1) is 17.0 Å². The molecule has 1 spiro atoms. The minimum atomic E-state index is -1.06. The number of hydrogen-bond acceptors (Lipinski definition) is 3. The number of Topliss-reactive ketones (excluding diaryl/α,β-unsaturated/α-hetero) is 1. The van der Waals surface area contributed by atoms with Crippen LogP contribution in [-0.4, -0.2) is 35.3 Å². The second-order valence-electron chi connectivity index (χ2n) is 7.07. The number of rotatable bonds is 1. The predicted octanol–water partition coefficient (Wildman–Crippen LogP) is 4.91. The first kappa shape index (κ1) is 19.2. The summed E-state index contributed by atoms with van der Waals surface area (Å²) >= 11 is 12.2. The maximum atomic E-state index is 13.4. The first-order valence-corrected chi connectivity index (χ1v) is 9.49. The lowest BCUT2D eigenvalue weighted by Gasteiger charge is -2.44. The molecule has 1 saturated heterocycles. The Morgan fingerprint density at radius 1 is 1.07 bits per heavy atom. The second kappa shape index (κ2) is 7.01. The Kier molecular flexibility index (Phi) is 4.79. The highest BCUT2D eigenvalue weighted by molar-refractivity contribution is 6.36. The van der Waals surface area contributed by atoms with Crippen LogP contribution in [0.25, 0.3) is 0 Å². The summed E-state index contributed by atoms with van der Waals surface area (Å²) in [4.78, 5) is 26.7. The third-order valence-corrected chi connectivity index (χ3v) is 5.74. The molecule has 2 aromatic carbocycles. The van der Waals surface area contributed by atoms with Gasteiger partial charge in [-0.25, -0.2) is 8.78 Å². The molecule has 0 aromatic heterocycles. The molecular formula is C20H15Cl2F2NO3. The standard InChI is InChI=1S/C20H15Cl2F2NO3/c21-12-8-13-17(26)10-20(28-18(13)14(22)9-12)3-5-25(6-4-20)19(27)11-1-2-15(23)16(24)7-11/h1-2,7-9H,3-6,10H2. The number of benzene rings is 2. The zero-order valence-electron chi connectivity index (χ0n) is 14.6. The van der Waals surface area contributed by atoms with Gasteiger partial charge in [0.25, 0.3) is 5.91 Å². The summed E-state index contributed by atoms with van der Waals surface area (Å²) in [6, 6.07) is 6.14. The van der Waals surface area contributed by atoms with Gasteiger partial charge < -0.3 is 9.64 Å². The molecular weight excluding hydrogens is 411 g/mol. The number of carbonyl (C=O) groups is 2. The van der Waals surface area contributed by atoms with Crippen LogP contribution in [0, 0.1) is 11.6 Å². The number of likely N-dealkylation sites (tertiary alicyclic amines) is 1. The minimum Gasteiger partial charge on any atom is -0.484 e. The van der Waals surface area contributed by atoms with E-state index in [4.69, 9.17) is 27.9 Å². The van der Waals surface area contributed by atoms with Gasteiger partial charge in [-0.1, -0.05) is 23.2 Å². The van der Waals surface area contributed by atoms with Crippen molar-refractivity contribution in [3.05, 3.63) is 63.1 Å². The molecule has 0 aliphatic carbocycles. The molecule has 28 heavy (non-hydrogen) atoms. The van der Waals surface area contributed by atoms with Crippen molar-refractivity contribution in [1.29, 1.82) is 0 Å². The molecule has 0 bridgehead atoms. The Morgan fingerprint density at radius 3 is 2.46 bits per heavy atom. The highest BCUT2D eigenvalue weighted by Gasteiger charge is 2.44. The Hall–Kier alpha value is -2.18. The molecule has 0 radical (unpaired) electrons. The van der Waals surface area contributed by atoms with Crippen LogP contribution in [0.15, 0.2) is 30.3 Å². The number of ether oxygens (including phenoxy) is 1. The largest absolute Gasteiger partial charge is 0.484 e. The maximum Gasteiger partial charge on any atom is 0.253 e. The number of halogens is 4. The molecule has 2 aliphatic rings. The van der Waals surface area contributed by atoms with Gasteiger partial charge in [0.2, 0.25) is 0 Å². The van der Waals surface area contributed by atoms with E-state index in [1.807, 2.05) is 0 Å². The van der Waals surface area contributed by atoms with Crippen LogP contribution >= 0.6 is 23.2 Å². The summed E-state index contributed by atoms with van der Waals surface area (Å²) in [5, 5.41) is 0.638. The van der Waals surface area contributed by atoms with Gasteiger partial charge in [-0.2, -0.15) is 0 Å². The van der Waals surface area contributed by atoms with E-state index < -0.39 is 17.2 Å². The van der Waals surface area contributed by atoms with Crippen molar-refractivity contribution < 1.29 is 23.1 Å². The van der Waals surface area contributed by atoms with Crippen LogP contribution in [0.2, 0.25) is 10.0 Å². The fourth-order valence-corrected chi connectivity index (χ4v) is 4.25. The van der Waals surface area contributed by atoms with E-state index in [2.05, 4.69) is 0 Å². The summed E-state index contributed by atoms with van der Waals surface area (Å²) in [6.45, 7) is 0.650. The number of piperidine rings is 1. The van der Waals surface area contributed by atoms with Gasteiger partial charge in [-0.15, -0.1) is 0 Å². The molecule has 0 N–H and O–H groups in total. The highest BCUT2D eigenvalue weighted by atomic mass is 35.5. The lowest BCUT2D eigenvalue weighted by Crippen LogP contribution is -2.52. The SMILES string of the molecule is O=C1CC2(CCN(C(=O)c3ccc(F)c(F)c3)CC2)Oc2c(Cl)cc(Cl)cc21. The molecule has 0 saturated carbocycles. The summed E-state index contributed by atoms with van der Waals surface area (Å²) in [7, 11) is 0. The first-order chi connectivity index (χ1) is 13.3. The van der Waals surface area contributed by atoms with E-state index in [1.54, 1.807) is 11.0 Å². The maximum absolute atomic E-state index is 13.4. The van der Waals surface area contributed by atoms with E-state index in [-0.39, 0.29) is 28.7 Å². The Labute approximate surface area is 170 Å². The van der Waals surface area contributed by atoms with Crippen molar-refractivity contribution in [3.63, 3.8) is 0 Å². The van der Waals surface area contributed by atoms with Gasteiger partial charge in [-0.05, 0) is 30.3 Å². The summed E-state index contributed by atoms with van der Waals surface area (Å²) in [6.07, 6.45) is 1.02. The van der Waals surface area contributed by atoms with Crippen LogP contribution in [0.3, 0.4) is 0 Å². The summed E-state index contributed by atoms with van der Waals surface area (Å²) in [5.41, 5.74) is -0.297. The molecule has 1 fully saturated rings. The number of ketones is 1. The Bertz CT molecular complexity index is 988. The van der Waals surface area contributed by atoms with E-state index in [0.717, 1.165) is 12.1 Å². The van der Waals surface area contributed by atoms with E-state index in [0.29, 0.717) is 42.3 Å². The van der Waals surface area contributed by atoms with E-state index in [9.17, 15) is 18.4 Å². The predicted molar refractivity (Wildman–Crippen MR) is 100 cm³/mol. The Morgan fingerprint density at radius 2 is 1.79 bits per heavy atom. The topological polar surface area (TPSA) is 46.6 Å². The first-order valence-electron chi connectivity index (χ1n) is 8.74. The summed E-state index contributed by atoms with van der Waals surface area (Å²) in [5.74, 6) is -2.24. The van der Waals surface area contributed by atoms with Crippen molar-refractivity contribution in [1.82, 2.24) is 4.90 Å². The third-order valence-electron chi connectivity index (χ3n) is 5.24. The number of carbonyl (C=O) groups excluding carboxylic acids is 2. The van der Waals surface area contributed by atoms with Gasteiger partial charge in [0.1, 0.15) is 11.4 Å². The van der Waals surface area contributed by atoms with Crippen LogP contribution in [0.5, 0.6) is 5.75 Å². The lowest BCUT2D eigenvalue weighted by molar-refractivity contribution is -0.00566. The van der Waals surface area contributed by atoms with Gasteiger partial charge in [0.15, 0.2) is 17.4 Å². The number of amides is 1. The molecule has 1 amide bonds. The van der Waals surface area contributed by atoms with Crippen molar-refractivity contribution in [2.24, 2.45) is 0 Å². The van der Waals surface area contributed by atoms with Crippen LogP contribution in [0.4, 0.5) is 8.78 Å². The fraction of sp³-hybridized carbons (Fsp3) is 0.300. The molecule has 0 unspecified atom stereocenters. The average molecular weight is 426 g/mol. The highest BCUT2D eigenvalue weighted by Crippen LogP contribution is 2.44. The van der Waals surface area contributed by atoms with Crippen LogP contribution < -0.4 is 4.74 Å².